The van der Waals surface area contributed by atoms with Crippen molar-refractivity contribution in [2.75, 3.05) is 18.4 Å². The Bertz CT molecular complexity index is 1050. The number of carbonyl (C=O) groups excluding carboxylic acids is 2. The van der Waals surface area contributed by atoms with Crippen molar-refractivity contribution in [1.82, 2.24) is 9.62 Å². The summed E-state index contributed by atoms with van der Waals surface area (Å²) in [5.74, 6) is -0.744. The van der Waals surface area contributed by atoms with Crippen molar-refractivity contribution in [3.63, 3.8) is 0 Å². The average Bonchev–Trinajstić information content (AvgIpc) is 2.80. The highest BCUT2D eigenvalue weighted by Gasteiger charge is 2.26. The molecule has 0 radical (unpaired) electrons. The van der Waals surface area contributed by atoms with Crippen LogP contribution in [0.25, 0.3) is 0 Å². The van der Waals surface area contributed by atoms with Crippen LogP contribution in [-0.4, -0.2) is 43.7 Å². The quantitative estimate of drug-likeness (QED) is 0.683. The van der Waals surface area contributed by atoms with Crippen molar-refractivity contribution in [3.8, 4) is 0 Å². The molecular weight excluding hydrogens is 414 g/mol. The lowest BCUT2D eigenvalue weighted by Gasteiger charge is -2.26. The van der Waals surface area contributed by atoms with Gasteiger partial charge in [-0.15, -0.1) is 0 Å². The molecule has 1 aliphatic rings. The van der Waals surface area contributed by atoms with Crippen molar-refractivity contribution in [3.05, 3.63) is 59.7 Å². The zero-order chi connectivity index (χ0) is 22.4. The standard InChI is InChI=1S/C23H29N3O4S/c1-3-17(2)24-23(28)20-12-5-6-13-21(20)25-22(27)18-10-9-11-19(16-18)31(29,30)26-14-7-4-8-15-26/h5-6,9-13,16-17H,3-4,7-8,14-15H2,1-2H3,(H,24,28)(H,25,27). The van der Waals surface area contributed by atoms with Crippen molar-refractivity contribution in [1.29, 1.82) is 0 Å². The largest absolute Gasteiger partial charge is 0.350 e. The van der Waals surface area contributed by atoms with Gasteiger partial charge in [-0.25, -0.2) is 8.42 Å². The molecule has 0 aliphatic carbocycles. The molecule has 1 atom stereocenters. The molecule has 31 heavy (non-hydrogen) atoms. The molecule has 2 amide bonds. The first kappa shape index (κ1) is 23.0. The van der Waals surface area contributed by atoms with Crippen LogP contribution in [0.3, 0.4) is 0 Å². The molecule has 0 aromatic heterocycles. The number of rotatable bonds is 7. The van der Waals surface area contributed by atoms with Gasteiger partial charge in [0.2, 0.25) is 10.0 Å². The fourth-order valence-electron chi connectivity index (χ4n) is 3.44. The highest BCUT2D eigenvalue weighted by atomic mass is 32.2. The van der Waals surface area contributed by atoms with Gasteiger partial charge in [-0.1, -0.05) is 31.5 Å². The van der Waals surface area contributed by atoms with E-state index in [1.807, 2.05) is 13.8 Å². The van der Waals surface area contributed by atoms with E-state index >= 15 is 0 Å². The third-order valence-corrected chi connectivity index (χ3v) is 7.35. The van der Waals surface area contributed by atoms with Crippen LogP contribution < -0.4 is 10.6 Å². The summed E-state index contributed by atoms with van der Waals surface area (Å²) in [6, 6.07) is 12.8. The van der Waals surface area contributed by atoms with Crippen LogP contribution in [0, 0.1) is 0 Å². The molecule has 1 heterocycles. The molecule has 1 aliphatic heterocycles. The number of hydrogen-bond donors (Lipinski definition) is 2. The maximum Gasteiger partial charge on any atom is 0.255 e. The van der Waals surface area contributed by atoms with Gasteiger partial charge in [-0.05, 0) is 56.5 Å². The molecule has 3 rings (SSSR count). The summed E-state index contributed by atoms with van der Waals surface area (Å²) in [4.78, 5) is 25.5. The number of para-hydroxylation sites is 1. The SMILES string of the molecule is CCC(C)NC(=O)c1ccccc1NC(=O)c1cccc(S(=O)(=O)N2CCCCC2)c1. The second-order valence-corrected chi connectivity index (χ2v) is 9.71. The molecule has 166 valence electrons. The van der Waals surface area contributed by atoms with Crippen LogP contribution in [-0.2, 0) is 10.0 Å². The Morgan fingerprint density at radius 1 is 1.00 bits per heavy atom. The zero-order valence-electron chi connectivity index (χ0n) is 17.9. The highest BCUT2D eigenvalue weighted by molar-refractivity contribution is 7.89. The van der Waals surface area contributed by atoms with Gasteiger partial charge in [0.15, 0.2) is 0 Å². The Labute approximate surface area is 183 Å². The molecule has 1 unspecified atom stereocenters. The van der Waals surface area contributed by atoms with Crippen LogP contribution in [0.2, 0.25) is 0 Å². The second-order valence-electron chi connectivity index (χ2n) is 7.78. The lowest BCUT2D eigenvalue weighted by molar-refractivity contribution is 0.0940. The van der Waals surface area contributed by atoms with Gasteiger partial charge in [-0.2, -0.15) is 4.31 Å². The third kappa shape index (κ3) is 5.51. The summed E-state index contributed by atoms with van der Waals surface area (Å²) < 4.78 is 27.3. The van der Waals surface area contributed by atoms with E-state index in [0.29, 0.717) is 24.3 Å². The molecular formula is C23H29N3O4S. The van der Waals surface area contributed by atoms with Crippen LogP contribution in [0.5, 0.6) is 0 Å². The van der Waals surface area contributed by atoms with Crippen LogP contribution in [0.1, 0.15) is 60.2 Å². The van der Waals surface area contributed by atoms with E-state index in [-0.39, 0.29) is 22.4 Å². The number of sulfonamides is 1. The summed E-state index contributed by atoms with van der Waals surface area (Å²) in [7, 11) is -3.64. The Balaban J connectivity index is 1.81. The van der Waals surface area contributed by atoms with E-state index in [1.54, 1.807) is 36.4 Å². The molecule has 1 saturated heterocycles. The number of hydrogen-bond acceptors (Lipinski definition) is 4. The third-order valence-electron chi connectivity index (χ3n) is 5.46. The normalized spacial score (nSPS) is 15.8. The van der Waals surface area contributed by atoms with E-state index < -0.39 is 15.9 Å². The smallest absolute Gasteiger partial charge is 0.255 e. The predicted molar refractivity (Wildman–Crippen MR) is 121 cm³/mol. The number of piperidine rings is 1. The predicted octanol–water partition coefficient (Wildman–Crippen LogP) is 3.64. The molecule has 8 heteroatoms. The van der Waals surface area contributed by atoms with Crippen LogP contribution >= 0.6 is 0 Å². The average molecular weight is 444 g/mol. The van der Waals surface area contributed by atoms with Crippen molar-refractivity contribution >= 4 is 27.5 Å². The molecule has 2 N–H and O–H groups in total. The zero-order valence-corrected chi connectivity index (χ0v) is 18.7. The lowest BCUT2D eigenvalue weighted by atomic mass is 10.1. The minimum absolute atomic E-state index is 0.00735. The number of anilines is 1. The van der Waals surface area contributed by atoms with Gasteiger partial charge in [0.1, 0.15) is 0 Å². The van der Waals surface area contributed by atoms with E-state index in [4.69, 9.17) is 0 Å². The van der Waals surface area contributed by atoms with Gasteiger partial charge < -0.3 is 10.6 Å². The van der Waals surface area contributed by atoms with Gasteiger partial charge in [-0.3, -0.25) is 9.59 Å². The van der Waals surface area contributed by atoms with Crippen LogP contribution in [0.15, 0.2) is 53.4 Å². The van der Waals surface area contributed by atoms with Gasteiger partial charge in [0.05, 0.1) is 16.1 Å². The Hall–Kier alpha value is -2.71. The molecule has 0 bridgehead atoms. The first-order valence-electron chi connectivity index (χ1n) is 10.6. The van der Waals surface area contributed by atoms with E-state index in [9.17, 15) is 18.0 Å². The summed E-state index contributed by atoms with van der Waals surface area (Å²) in [6.45, 7) is 4.88. The first-order valence-corrected chi connectivity index (χ1v) is 12.1. The van der Waals surface area contributed by atoms with Crippen molar-refractivity contribution in [2.45, 2.75) is 50.5 Å². The first-order chi connectivity index (χ1) is 14.8. The van der Waals surface area contributed by atoms with Gasteiger partial charge >= 0.3 is 0 Å². The van der Waals surface area contributed by atoms with E-state index in [0.717, 1.165) is 25.7 Å². The molecule has 0 spiro atoms. The Morgan fingerprint density at radius 2 is 1.71 bits per heavy atom. The minimum atomic E-state index is -3.64. The number of amides is 2. The minimum Gasteiger partial charge on any atom is -0.350 e. The fourth-order valence-corrected chi connectivity index (χ4v) is 5.00. The van der Waals surface area contributed by atoms with E-state index in [2.05, 4.69) is 10.6 Å². The number of nitrogens with one attached hydrogen (secondary N) is 2. The molecule has 7 nitrogen and oxygen atoms in total. The summed E-state index contributed by atoms with van der Waals surface area (Å²) in [6.07, 6.45) is 3.50. The molecule has 1 fully saturated rings. The summed E-state index contributed by atoms with van der Waals surface area (Å²) in [5.41, 5.74) is 0.945. The maximum absolute atomic E-state index is 12.9. The van der Waals surface area contributed by atoms with Crippen LogP contribution in [0.4, 0.5) is 5.69 Å². The Morgan fingerprint density at radius 3 is 2.42 bits per heavy atom. The van der Waals surface area contributed by atoms with Gasteiger partial charge in [0.25, 0.3) is 11.8 Å². The number of benzene rings is 2. The van der Waals surface area contributed by atoms with Gasteiger partial charge in [0, 0.05) is 24.7 Å². The number of nitrogens with zero attached hydrogens (tertiary/aromatic N) is 1. The summed E-state index contributed by atoms with van der Waals surface area (Å²) >= 11 is 0. The molecule has 2 aromatic carbocycles. The maximum atomic E-state index is 12.9. The van der Waals surface area contributed by atoms with Crippen molar-refractivity contribution in [2.24, 2.45) is 0 Å². The Kier molecular flexibility index (Phi) is 7.46. The number of carbonyl (C=O) groups is 2. The second kappa shape index (κ2) is 10.1. The fraction of sp³-hybridized carbons (Fsp3) is 0.391. The summed E-state index contributed by atoms with van der Waals surface area (Å²) in [5, 5.41) is 5.64. The topological polar surface area (TPSA) is 95.6 Å². The van der Waals surface area contributed by atoms with Crippen molar-refractivity contribution < 1.29 is 18.0 Å². The molecule has 0 saturated carbocycles. The lowest BCUT2D eigenvalue weighted by Crippen LogP contribution is -2.35. The highest BCUT2D eigenvalue weighted by Crippen LogP contribution is 2.22. The van der Waals surface area contributed by atoms with E-state index in [1.165, 1.54) is 16.4 Å². The monoisotopic (exact) mass is 443 g/mol. The molecule has 2 aromatic rings.